The Morgan fingerprint density at radius 1 is 0.514 bits per heavy atom. The Bertz CT molecular complexity index is 1370. The number of primary amides is 2. The van der Waals surface area contributed by atoms with E-state index in [-0.39, 0.29) is 11.1 Å². The predicted octanol–water partition coefficient (Wildman–Crippen LogP) is 4.18. The zero-order chi connectivity index (χ0) is 26.4. The number of ether oxygens (including phenoxy) is 1. The van der Waals surface area contributed by atoms with Crippen molar-refractivity contribution in [2.45, 2.75) is 0 Å². The number of carbonyl (C=O) groups excluding carboxylic acids is 4. The zero-order valence-electron chi connectivity index (χ0n) is 19.4. The molecule has 4 rings (SSSR count). The van der Waals surface area contributed by atoms with Crippen molar-refractivity contribution in [2.75, 3.05) is 10.6 Å². The first kappa shape index (κ1) is 24.7. The topological polar surface area (TPSA) is 154 Å². The molecule has 4 aromatic rings. The van der Waals surface area contributed by atoms with Crippen molar-refractivity contribution in [3.05, 3.63) is 119 Å². The first-order valence-corrected chi connectivity index (χ1v) is 11.1. The van der Waals surface area contributed by atoms with E-state index in [4.69, 9.17) is 16.2 Å². The lowest BCUT2D eigenvalue weighted by Crippen LogP contribution is -2.18. The third-order valence-electron chi connectivity index (χ3n) is 5.35. The van der Waals surface area contributed by atoms with Crippen LogP contribution in [0.15, 0.2) is 97.1 Å². The minimum atomic E-state index is -0.640. The lowest BCUT2D eigenvalue weighted by molar-refractivity contribution is 0.0990. The van der Waals surface area contributed by atoms with Crippen LogP contribution in [0, 0.1) is 0 Å². The van der Waals surface area contributed by atoms with Crippen molar-refractivity contribution in [1.29, 1.82) is 0 Å². The lowest BCUT2D eigenvalue weighted by atomic mass is 10.1. The molecule has 0 radical (unpaired) electrons. The molecule has 6 N–H and O–H groups in total. The normalized spacial score (nSPS) is 10.3. The van der Waals surface area contributed by atoms with Gasteiger partial charge in [0.05, 0.1) is 22.5 Å². The fourth-order valence-electron chi connectivity index (χ4n) is 3.49. The molecule has 0 saturated carbocycles. The first-order valence-electron chi connectivity index (χ1n) is 11.1. The second-order valence-electron chi connectivity index (χ2n) is 7.88. The van der Waals surface area contributed by atoms with E-state index in [9.17, 15) is 19.2 Å². The Balaban J connectivity index is 1.39. The van der Waals surface area contributed by atoms with Crippen LogP contribution < -0.4 is 26.8 Å². The van der Waals surface area contributed by atoms with Crippen LogP contribution >= 0.6 is 0 Å². The van der Waals surface area contributed by atoms with Crippen molar-refractivity contribution < 1.29 is 23.9 Å². The van der Waals surface area contributed by atoms with Crippen molar-refractivity contribution in [2.24, 2.45) is 11.5 Å². The van der Waals surface area contributed by atoms with Crippen LogP contribution in [0.2, 0.25) is 0 Å². The molecule has 0 atom stereocenters. The lowest BCUT2D eigenvalue weighted by Gasteiger charge is -2.11. The number of rotatable bonds is 8. The van der Waals surface area contributed by atoms with Crippen molar-refractivity contribution in [1.82, 2.24) is 0 Å². The number of para-hydroxylation sites is 2. The van der Waals surface area contributed by atoms with Gasteiger partial charge in [0.25, 0.3) is 23.6 Å². The average molecular weight is 495 g/mol. The van der Waals surface area contributed by atoms with E-state index in [0.717, 1.165) is 0 Å². The van der Waals surface area contributed by atoms with Crippen LogP contribution in [0.1, 0.15) is 41.4 Å². The number of nitrogens with one attached hydrogen (secondary N) is 2. The maximum atomic E-state index is 12.6. The van der Waals surface area contributed by atoms with Gasteiger partial charge in [-0.15, -0.1) is 0 Å². The van der Waals surface area contributed by atoms with E-state index < -0.39 is 23.6 Å². The Hall–Kier alpha value is -5.44. The molecule has 0 aromatic heterocycles. The number of hydrogen-bond donors (Lipinski definition) is 4. The summed E-state index contributed by atoms with van der Waals surface area (Å²) < 4.78 is 5.80. The molecule has 184 valence electrons. The summed E-state index contributed by atoms with van der Waals surface area (Å²) in [5, 5.41) is 5.35. The fraction of sp³-hybridized carbons (Fsp3) is 0. The highest BCUT2D eigenvalue weighted by Gasteiger charge is 2.13. The maximum absolute atomic E-state index is 12.6. The van der Waals surface area contributed by atoms with Crippen molar-refractivity contribution >= 4 is 35.0 Å². The number of nitrogens with two attached hydrogens (primary N) is 2. The molecule has 9 heteroatoms. The Labute approximate surface area is 212 Å². The quantitative estimate of drug-likeness (QED) is 0.289. The van der Waals surface area contributed by atoms with Gasteiger partial charge in [0.1, 0.15) is 11.5 Å². The number of carbonyl (C=O) groups is 4. The van der Waals surface area contributed by atoms with E-state index >= 15 is 0 Å². The molecule has 37 heavy (non-hydrogen) atoms. The molecule has 0 heterocycles. The highest BCUT2D eigenvalue weighted by atomic mass is 16.5. The van der Waals surface area contributed by atoms with Gasteiger partial charge in [-0.3, -0.25) is 19.2 Å². The van der Waals surface area contributed by atoms with Crippen LogP contribution in [0.3, 0.4) is 0 Å². The monoisotopic (exact) mass is 494 g/mol. The summed E-state index contributed by atoms with van der Waals surface area (Å²) in [4.78, 5) is 48.3. The van der Waals surface area contributed by atoms with Gasteiger partial charge in [-0.2, -0.15) is 0 Å². The molecule has 0 bridgehead atoms. The van der Waals surface area contributed by atoms with Crippen LogP contribution in [0.25, 0.3) is 0 Å². The van der Waals surface area contributed by atoms with Gasteiger partial charge in [-0.1, -0.05) is 24.3 Å². The average Bonchev–Trinajstić information content (AvgIpc) is 2.90. The number of amides is 4. The highest BCUT2D eigenvalue weighted by Crippen LogP contribution is 2.24. The van der Waals surface area contributed by atoms with Crippen molar-refractivity contribution in [3.63, 3.8) is 0 Å². The summed E-state index contributed by atoms with van der Waals surface area (Å²) >= 11 is 0. The number of hydrogen-bond acceptors (Lipinski definition) is 5. The van der Waals surface area contributed by atoms with Gasteiger partial charge in [0.2, 0.25) is 0 Å². The third-order valence-corrected chi connectivity index (χ3v) is 5.35. The summed E-state index contributed by atoms with van der Waals surface area (Å²) in [6.07, 6.45) is 0. The largest absolute Gasteiger partial charge is 0.457 e. The molecule has 4 amide bonds. The minimum absolute atomic E-state index is 0.213. The van der Waals surface area contributed by atoms with Crippen molar-refractivity contribution in [3.8, 4) is 11.5 Å². The zero-order valence-corrected chi connectivity index (χ0v) is 19.4. The van der Waals surface area contributed by atoms with Crippen LogP contribution in [-0.2, 0) is 0 Å². The smallest absolute Gasteiger partial charge is 0.255 e. The van der Waals surface area contributed by atoms with E-state index in [2.05, 4.69) is 10.6 Å². The molecule has 0 unspecified atom stereocenters. The van der Waals surface area contributed by atoms with Gasteiger partial charge in [0.15, 0.2) is 0 Å². The van der Waals surface area contributed by atoms with E-state index in [0.29, 0.717) is 34.0 Å². The van der Waals surface area contributed by atoms with Gasteiger partial charge in [0, 0.05) is 11.1 Å². The molecule has 0 aliphatic heterocycles. The third kappa shape index (κ3) is 5.98. The number of benzene rings is 4. The minimum Gasteiger partial charge on any atom is -0.457 e. The molecule has 9 nitrogen and oxygen atoms in total. The SMILES string of the molecule is NC(=O)c1ccccc1NC(=O)c1ccc(Oc2ccc(C(=O)Nc3ccccc3C(N)=O)cc2)cc1. The Morgan fingerprint density at radius 3 is 1.22 bits per heavy atom. The van der Waals surface area contributed by atoms with Crippen LogP contribution in [-0.4, -0.2) is 23.6 Å². The van der Waals surface area contributed by atoms with Crippen LogP contribution in [0.5, 0.6) is 11.5 Å². The van der Waals surface area contributed by atoms with Gasteiger partial charge in [-0.25, -0.2) is 0 Å². The summed E-state index contributed by atoms with van der Waals surface area (Å²) in [6, 6.07) is 25.7. The van der Waals surface area contributed by atoms with E-state index in [1.165, 1.54) is 12.1 Å². The molecule has 4 aromatic carbocycles. The molecule has 0 aliphatic carbocycles. The second kappa shape index (κ2) is 10.9. The second-order valence-corrected chi connectivity index (χ2v) is 7.88. The van der Waals surface area contributed by atoms with E-state index in [1.54, 1.807) is 84.9 Å². The molecule has 0 fully saturated rings. The van der Waals surface area contributed by atoms with Crippen LogP contribution in [0.4, 0.5) is 11.4 Å². The molecule has 0 saturated heterocycles. The van der Waals surface area contributed by atoms with Gasteiger partial charge < -0.3 is 26.8 Å². The predicted molar refractivity (Wildman–Crippen MR) is 139 cm³/mol. The standard InChI is InChI=1S/C28H22N4O5/c29-25(33)21-5-1-3-7-23(21)31-27(35)17-9-13-19(14-10-17)37-20-15-11-18(12-16-20)28(36)32-24-8-4-2-6-22(24)26(30)34/h1-16H,(H2,29,33)(H2,30,34)(H,31,35)(H,32,36). The van der Waals surface area contributed by atoms with E-state index in [1.807, 2.05) is 0 Å². The molecular formula is C28H22N4O5. The highest BCUT2D eigenvalue weighted by molar-refractivity contribution is 6.09. The summed E-state index contributed by atoms with van der Waals surface area (Å²) in [5.41, 5.74) is 12.5. The summed E-state index contributed by atoms with van der Waals surface area (Å²) in [6.45, 7) is 0. The number of anilines is 2. The Morgan fingerprint density at radius 2 is 0.865 bits per heavy atom. The Kier molecular flexibility index (Phi) is 7.25. The van der Waals surface area contributed by atoms with Gasteiger partial charge in [-0.05, 0) is 72.8 Å². The first-order chi connectivity index (χ1) is 17.8. The summed E-state index contributed by atoms with van der Waals surface area (Å²) in [7, 11) is 0. The molecular weight excluding hydrogens is 472 g/mol. The summed E-state index contributed by atoms with van der Waals surface area (Å²) in [5.74, 6) is -1.15. The maximum Gasteiger partial charge on any atom is 0.255 e. The van der Waals surface area contributed by atoms with Gasteiger partial charge >= 0.3 is 0 Å². The fourth-order valence-corrected chi connectivity index (χ4v) is 3.49. The molecule has 0 spiro atoms. The molecule has 0 aliphatic rings.